The Balaban J connectivity index is 2.54. The molecule has 3 amide bonds. The third kappa shape index (κ3) is 6.21. The van der Waals surface area contributed by atoms with Gasteiger partial charge in [0.25, 0.3) is 5.91 Å². The molecular formula is C19H20F3IN4O5. The molecule has 0 bridgehead atoms. The van der Waals surface area contributed by atoms with Crippen molar-refractivity contribution in [2.45, 2.75) is 6.54 Å². The van der Waals surface area contributed by atoms with Crippen LogP contribution in [0.15, 0.2) is 24.3 Å². The Morgan fingerprint density at radius 2 is 1.91 bits per heavy atom. The van der Waals surface area contributed by atoms with E-state index in [2.05, 4.69) is 10.6 Å². The van der Waals surface area contributed by atoms with E-state index in [-0.39, 0.29) is 12.3 Å². The van der Waals surface area contributed by atoms with Gasteiger partial charge in [0.15, 0.2) is 11.6 Å². The number of halogens is 4. The van der Waals surface area contributed by atoms with Gasteiger partial charge in [0, 0.05) is 16.2 Å². The number of carbonyl (C=O) groups excluding carboxylic acids is 2. The van der Waals surface area contributed by atoms with E-state index in [0.29, 0.717) is 8.63 Å². The summed E-state index contributed by atoms with van der Waals surface area (Å²) in [6.45, 7) is -1.21. The fourth-order valence-corrected chi connectivity index (χ4v) is 2.99. The van der Waals surface area contributed by atoms with Crippen LogP contribution in [0.3, 0.4) is 0 Å². The highest BCUT2D eigenvalue weighted by molar-refractivity contribution is 14.1. The summed E-state index contributed by atoms with van der Waals surface area (Å²) in [5.41, 5.74) is 0.286. The van der Waals surface area contributed by atoms with E-state index in [0.717, 1.165) is 19.2 Å². The number of hydroxylamine groups is 3. The molecule has 0 spiro atoms. The maximum absolute atomic E-state index is 15.0. The number of rotatable bonds is 9. The Morgan fingerprint density at radius 3 is 2.50 bits per heavy atom. The van der Waals surface area contributed by atoms with Crippen molar-refractivity contribution in [3.63, 3.8) is 0 Å². The molecule has 0 saturated carbocycles. The molecule has 0 aliphatic carbocycles. The maximum Gasteiger partial charge on any atom is 0.341 e. The fourth-order valence-electron chi connectivity index (χ4n) is 2.54. The van der Waals surface area contributed by atoms with Crippen LogP contribution in [0.2, 0.25) is 0 Å². The summed E-state index contributed by atoms with van der Waals surface area (Å²) in [4.78, 5) is 34.0. The van der Waals surface area contributed by atoms with Crippen LogP contribution < -0.4 is 16.1 Å². The molecule has 0 heterocycles. The Bertz CT molecular complexity index is 996. The minimum atomic E-state index is -1.49. The van der Waals surface area contributed by atoms with Crippen molar-refractivity contribution in [3.8, 4) is 0 Å². The summed E-state index contributed by atoms with van der Waals surface area (Å²) in [7, 11) is 2.46. The molecule has 0 fully saturated rings. The van der Waals surface area contributed by atoms with Gasteiger partial charge in [0.1, 0.15) is 5.82 Å². The molecule has 0 unspecified atom stereocenters. The summed E-state index contributed by atoms with van der Waals surface area (Å²) < 4.78 is 44.7. The maximum atomic E-state index is 15.0. The number of nitrogens with one attached hydrogen (secondary N) is 3. The zero-order valence-electron chi connectivity index (χ0n) is 17.0. The Kier molecular flexibility index (Phi) is 9.49. The van der Waals surface area contributed by atoms with E-state index < -0.39 is 59.4 Å². The monoisotopic (exact) mass is 568 g/mol. The first-order valence-electron chi connectivity index (χ1n) is 9.02. The molecule has 0 atom stereocenters. The molecule has 0 aromatic heterocycles. The zero-order valence-corrected chi connectivity index (χ0v) is 19.1. The zero-order chi connectivity index (χ0) is 23.8. The molecular weight excluding hydrogens is 548 g/mol. The molecule has 174 valence electrons. The summed E-state index contributed by atoms with van der Waals surface area (Å²) >= 11 is 1.88. The minimum absolute atomic E-state index is 0.203. The first-order chi connectivity index (χ1) is 15.2. The average molecular weight is 568 g/mol. The van der Waals surface area contributed by atoms with Gasteiger partial charge >= 0.3 is 6.03 Å². The number of urea groups is 1. The molecule has 0 saturated heterocycles. The molecule has 32 heavy (non-hydrogen) atoms. The number of amides is 3. The van der Waals surface area contributed by atoms with E-state index in [1.54, 1.807) is 0 Å². The highest BCUT2D eigenvalue weighted by atomic mass is 127. The largest absolute Gasteiger partial charge is 0.394 e. The predicted molar refractivity (Wildman–Crippen MR) is 116 cm³/mol. The van der Waals surface area contributed by atoms with Crippen LogP contribution in [0.1, 0.15) is 15.9 Å². The summed E-state index contributed by atoms with van der Waals surface area (Å²) in [6.07, 6.45) is 0. The second-order valence-corrected chi connectivity index (χ2v) is 7.36. The van der Waals surface area contributed by atoms with Crippen molar-refractivity contribution >= 4 is 45.9 Å². The smallest absolute Gasteiger partial charge is 0.341 e. The number of hydrogen-bond acceptors (Lipinski definition) is 6. The fraction of sp³-hybridized carbons (Fsp3) is 0.263. The first kappa shape index (κ1) is 25.6. The molecule has 2 rings (SSSR count). The SMILES string of the molecule is CNC(=O)N(Cc1cc(C(=O)NOCCO)c(Nc2ccc(I)cc2F)c(F)c1F)OC. The molecule has 0 radical (unpaired) electrons. The molecule has 0 aliphatic heterocycles. The number of aliphatic hydroxyl groups excluding tert-OH is 1. The lowest BCUT2D eigenvalue weighted by Crippen LogP contribution is -2.37. The average Bonchev–Trinajstić information content (AvgIpc) is 2.77. The van der Waals surface area contributed by atoms with Crippen LogP contribution in [0.25, 0.3) is 0 Å². The van der Waals surface area contributed by atoms with Crippen LogP contribution in [0, 0.1) is 21.0 Å². The number of anilines is 2. The molecule has 13 heteroatoms. The van der Waals surface area contributed by atoms with E-state index in [1.807, 2.05) is 28.1 Å². The number of nitrogens with zero attached hydrogens (tertiary/aromatic N) is 1. The third-order valence-electron chi connectivity index (χ3n) is 4.05. The standard InChI is InChI=1S/C19H20F3IN4O5/c1-24-19(30)27(31-2)9-10-7-12(18(29)26-32-6-5-28)17(16(22)15(10)21)25-14-4-3-11(23)8-13(14)20/h3-4,7-8,25,28H,5-6,9H2,1-2H3,(H,24,30)(H,26,29). The quantitative estimate of drug-likeness (QED) is 0.211. The number of benzene rings is 2. The van der Waals surface area contributed by atoms with Crippen molar-refractivity contribution in [1.29, 1.82) is 0 Å². The van der Waals surface area contributed by atoms with Crippen molar-refractivity contribution < 1.29 is 37.5 Å². The van der Waals surface area contributed by atoms with Crippen LogP contribution in [-0.2, 0) is 16.2 Å². The van der Waals surface area contributed by atoms with Gasteiger partial charge in [0.2, 0.25) is 0 Å². The summed E-state index contributed by atoms with van der Waals surface area (Å²) in [6, 6.07) is 4.21. The first-order valence-corrected chi connectivity index (χ1v) is 10.1. The second-order valence-electron chi connectivity index (χ2n) is 6.11. The normalized spacial score (nSPS) is 10.6. The van der Waals surface area contributed by atoms with Crippen molar-refractivity contribution in [3.05, 3.63) is 56.4 Å². The summed E-state index contributed by atoms with van der Waals surface area (Å²) in [5.74, 6) is -4.62. The van der Waals surface area contributed by atoms with Crippen molar-refractivity contribution in [2.24, 2.45) is 0 Å². The Labute approximate surface area is 194 Å². The van der Waals surface area contributed by atoms with Gasteiger partial charge in [0.05, 0.1) is 43.8 Å². The predicted octanol–water partition coefficient (Wildman–Crippen LogP) is 2.81. The molecule has 4 N–H and O–H groups in total. The van der Waals surface area contributed by atoms with E-state index in [1.165, 1.54) is 19.2 Å². The Morgan fingerprint density at radius 1 is 1.19 bits per heavy atom. The number of aliphatic hydroxyl groups is 1. The van der Waals surface area contributed by atoms with E-state index >= 15 is 4.39 Å². The molecule has 0 aliphatic rings. The van der Waals surface area contributed by atoms with Crippen LogP contribution in [-0.4, -0.2) is 49.5 Å². The lowest BCUT2D eigenvalue weighted by atomic mass is 10.1. The molecule has 2 aromatic rings. The lowest BCUT2D eigenvalue weighted by molar-refractivity contribution is -0.0933. The highest BCUT2D eigenvalue weighted by Crippen LogP contribution is 2.31. The van der Waals surface area contributed by atoms with Crippen LogP contribution >= 0.6 is 22.6 Å². The summed E-state index contributed by atoms with van der Waals surface area (Å²) in [5, 5.41) is 14.1. The number of hydrogen-bond donors (Lipinski definition) is 4. The highest BCUT2D eigenvalue weighted by Gasteiger charge is 2.26. The minimum Gasteiger partial charge on any atom is -0.394 e. The van der Waals surface area contributed by atoms with Gasteiger partial charge in [-0.3, -0.25) is 14.5 Å². The van der Waals surface area contributed by atoms with Gasteiger partial charge in [-0.25, -0.2) is 23.4 Å². The molecule has 9 nitrogen and oxygen atoms in total. The van der Waals surface area contributed by atoms with E-state index in [4.69, 9.17) is 14.8 Å². The number of carbonyl (C=O) groups is 2. The van der Waals surface area contributed by atoms with Gasteiger partial charge < -0.3 is 15.7 Å². The van der Waals surface area contributed by atoms with Crippen LogP contribution in [0.5, 0.6) is 0 Å². The van der Waals surface area contributed by atoms with E-state index in [9.17, 15) is 18.4 Å². The molecule has 2 aromatic carbocycles. The topological polar surface area (TPSA) is 112 Å². The lowest BCUT2D eigenvalue weighted by Gasteiger charge is -2.21. The van der Waals surface area contributed by atoms with Gasteiger partial charge in [-0.1, -0.05) is 0 Å². The second kappa shape index (κ2) is 11.8. The van der Waals surface area contributed by atoms with Crippen molar-refractivity contribution in [2.75, 3.05) is 32.7 Å². The Hall–Kier alpha value is -2.62. The van der Waals surface area contributed by atoms with Gasteiger partial charge in [-0.05, 0) is 46.9 Å². The van der Waals surface area contributed by atoms with Crippen LogP contribution in [0.4, 0.5) is 29.3 Å². The van der Waals surface area contributed by atoms with Gasteiger partial charge in [-0.2, -0.15) is 5.06 Å². The van der Waals surface area contributed by atoms with Gasteiger partial charge in [-0.15, -0.1) is 0 Å². The van der Waals surface area contributed by atoms with Crippen molar-refractivity contribution in [1.82, 2.24) is 15.9 Å². The third-order valence-corrected chi connectivity index (χ3v) is 4.72.